The maximum atomic E-state index is 14.3. The van der Waals surface area contributed by atoms with Gasteiger partial charge in [0.1, 0.15) is 5.75 Å². The second-order valence-electron chi connectivity index (χ2n) is 10.8. The summed E-state index contributed by atoms with van der Waals surface area (Å²) in [5.74, 6) is 0.431. The number of aromatic nitrogens is 3. The average molecular weight is 540 g/mol. The highest BCUT2D eigenvalue weighted by molar-refractivity contribution is 7.67. The summed E-state index contributed by atoms with van der Waals surface area (Å²) < 4.78 is 24.0. The highest BCUT2D eigenvalue weighted by Crippen LogP contribution is 2.55. The molecule has 3 aromatic rings. The molecular formula is C29H38N3O5P. The summed E-state index contributed by atoms with van der Waals surface area (Å²) in [6.45, 7) is 10.3. The number of fused-ring (bicyclic) bond motifs is 3. The molecule has 2 heterocycles. The van der Waals surface area contributed by atoms with Gasteiger partial charge in [-0.15, -0.1) is 0 Å². The van der Waals surface area contributed by atoms with Gasteiger partial charge >= 0.3 is 17.1 Å². The van der Waals surface area contributed by atoms with Crippen molar-refractivity contribution in [3.05, 3.63) is 80.0 Å². The first-order valence-electron chi connectivity index (χ1n) is 13.5. The Morgan fingerprint density at radius 2 is 1.13 bits per heavy atom. The Morgan fingerprint density at radius 3 is 1.66 bits per heavy atom. The maximum absolute atomic E-state index is 14.3. The topological polar surface area (TPSA) is 92.3 Å². The molecule has 0 bridgehead atoms. The number of hydrogen-bond donors (Lipinski definition) is 0. The molecule has 1 aromatic heterocycles. The Bertz CT molecular complexity index is 1490. The van der Waals surface area contributed by atoms with Gasteiger partial charge in [-0.3, -0.25) is 4.57 Å². The maximum Gasteiger partial charge on any atom is 0.336 e. The van der Waals surface area contributed by atoms with Crippen molar-refractivity contribution in [3.8, 4) is 16.9 Å². The molecule has 0 radical (unpaired) electrons. The Labute approximate surface area is 223 Å². The average Bonchev–Trinajstić information content (AvgIpc) is 2.91. The van der Waals surface area contributed by atoms with E-state index in [4.69, 9.17) is 4.52 Å². The van der Waals surface area contributed by atoms with Gasteiger partial charge in [0.2, 0.25) is 0 Å². The smallest absolute Gasteiger partial charge is 0.336 e. The quantitative estimate of drug-likeness (QED) is 0.352. The monoisotopic (exact) mass is 539 g/mol. The van der Waals surface area contributed by atoms with Gasteiger partial charge in [0.05, 0.1) is 5.30 Å². The van der Waals surface area contributed by atoms with E-state index in [1.165, 1.54) is 9.13 Å². The fourth-order valence-corrected chi connectivity index (χ4v) is 7.58. The molecule has 9 heteroatoms. The molecule has 0 spiro atoms. The largest absolute Gasteiger partial charge is 0.439 e. The third-order valence-corrected chi connectivity index (χ3v) is 10.2. The van der Waals surface area contributed by atoms with Gasteiger partial charge in [-0.05, 0) is 35.4 Å². The summed E-state index contributed by atoms with van der Waals surface area (Å²) in [4.78, 5) is 40.1. The minimum Gasteiger partial charge on any atom is -0.439 e. The first-order chi connectivity index (χ1) is 18.1. The van der Waals surface area contributed by atoms with Gasteiger partial charge in [-0.2, -0.15) is 0 Å². The standard InChI is InChI=1S/C29H38N3O5P/c1-6-20(3)16-30-27(33)31(17-21(4)7-2)29(35)32(28(30)34)18-22(5)19-38(36)26-15-11-9-13-24(26)23-12-8-10-14-25(23)37-38/h8-15,20-22H,6-7,16-19H2,1-5H3. The third-order valence-electron chi connectivity index (χ3n) is 7.51. The first-order valence-corrected chi connectivity index (χ1v) is 15.3. The van der Waals surface area contributed by atoms with Gasteiger partial charge in [0.25, 0.3) is 7.37 Å². The minimum atomic E-state index is -3.34. The number of benzene rings is 2. The lowest BCUT2D eigenvalue weighted by Crippen LogP contribution is -2.56. The van der Waals surface area contributed by atoms with Crippen molar-refractivity contribution >= 4 is 12.7 Å². The van der Waals surface area contributed by atoms with Gasteiger partial charge in [-0.1, -0.05) is 83.9 Å². The van der Waals surface area contributed by atoms with Crippen LogP contribution in [0.5, 0.6) is 5.75 Å². The van der Waals surface area contributed by atoms with E-state index >= 15 is 0 Å². The lowest BCUT2D eigenvalue weighted by Gasteiger charge is -2.30. The Morgan fingerprint density at radius 1 is 0.684 bits per heavy atom. The van der Waals surface area contributed by atoms with E-state index < -0.39 is 24.4 Å². The van der Waals surface area contributed by atoms with Crippen LogP contribution < -0.4 is 26.9 Å². The Hall–Kier alpha value is -3.12. The molecule has 4 atom stereocenters. The number of nitrogens with zero attached hydrogens (tertiary/aromatic N) is 3. The van der Waals surface area contributed by atoms with Crippen molar-refractivity contribution in [1.82, 2.24) is 13.7 Å². The molecule has 38 heavy (non-hydrogen) atoms. The molecule has 2 aromatic carbocycles. The van der Waals surface area contributed by atoms with Gasteiger partial charge in [0.15, 0.2) is 0 Å². The molecule has 0 saturated heterocycles. The molecular weight excluding hydrogens is 501 g/mol. The SMILES string of the molecule is CCC(C)Cn1c(=O)n(CC(C)CC)c(=O)n(CC(C)CP2(=O)Oc3ccccc3-c3ccccc32)c1=O. The lowest BCUT2D eigenvalue weighted by molar-refractivity contribution is 0.348. The van der Waals surface area contributed by atoms with E-state index in [0.29, 0.717) is 11.1 Å². The predicted octanol–water partition coefficient (Wildman–Crippen LogP) is 4.56. The summed E-state index contributed by atoms with van der Waals surface area (Å²) in [7, 11) is -3.34. The van der Waals surface area contributed by atoms with Crippen LogP contribution in [0.25, 0.3) is 11.1 Å². The second-order valence-corrected chi connectivity index (χ2v) is 13.1. The van der Waals surface area contributed by atoms with Gasteiger partial charge in [-0.25, -0.2) is 28.1 Å². The van der Waals surface area contributed by atoms with Crippen molar-refractivity contribution in [3.63, 3.8) is 0 Å². The van der Waals surface area contributed by atoms with Crippen LogP contribution in [0.3, 0.4) is 0 Å². The molecule has 8 nitrogen and oxygen atoms in total. The zero-order chi connectivity index (χ0) is 27.6. The molecule has 1 aliphatic heterocycles. The van der Waals surface area contributed by atoms with Crippen LogP contribution in [0.15, 0.2) is 62.9 Å². The first kappa shape index (κ1) is 27.9. The third kappa shape index (κ3) is 5.37. The van der Waals surface area contributed by atoms with Crippen molar-refractivity contribution < 1.29 is 9.09 Å². The zero-order valence-electron chi connectivity index (χ0n) is 22.9. The summed E-state index contributed by atoms with van der Waals surface area (Å²) in [5.41, 5.74) is -0.00992. The molecule has 0 fully saturated rings. The zero-order valence-corrected chi connectivity index (χ0v) is 23.8. The van der Waals surface area contributed by atoms with E-state index in [0.717, 1.165) is 28.5 Å². The van der Waals surface area contributed by atoms with E-state index in [-0.39, 0.29) is 43.5 Å². The number of para-hydroxylation sites is 1. The fraction of sp³-hybridized carbons (Fsp3) is 0.483. The molecule has 4 rings (SSSR count). The summed E-state index contributed by atoms with van der Waals surface area (Å²) in [6, 6.07) is 15.0. The highest BCUT2D eigenvalue weighted by Gasteiger charge is 2.37. The van der Waals surface area contributed by atoms with Gasteiger partial charge in [0, 0.05) is 31.4 Å². The van der Waals surface area contributed by atoms with E-state index in [2.05, 4.69) is 0 Å². The second kappa shape index (κ2) is 11.3. The normalized spacial score (nSPS) is 18.7. The molecule has 1 aliphatic rings. The molecule has 0 saturated carbocycles. The number of rotatable bonds is 10. The van der Waals surface area contributed by atoms with E-state index in [9.17, 15) is 18.9 Å². The molecule has 4 unspecified atom stereocenters. The molecule has 204 valence electrons. The molecule has 0 N–H and O–H groups in total. The van der Waals surface area contributed by atoms with Crippen LogP contribution in [-0.2, 0) is 24.2 Å². The van der Waals surface area contributed by atoms with Crippen LogP contribution in [0, 0.1) is 17.8 Å². The van der Waals surface area contributed by atoms with Crippen molar-refractivity contribution in [1.29, 1.82) is 0 Å². The lowest BCUT2D eigenvalue weighted by atomic mass is 10.0. The van der Waals surface area contributed by atoms with Crippen LogP contribution in [-0.4, -0.2) is 19.9 Å². The van der Waals surface area contributed by atoms with Crippen LogP contribution in [0.1, 0.15) is 47.5 Å². The van der Waals surface area contributed by atoms with Gasteiger partial charge < -0.3 is 4.52 Å². The van der Waals surface area contributed by atoms with Crippen molar-refractivity contribution in [2.75, 3.05) is 6.16 Å². The van der Waals surface area contributed by atoms with Crippen LogP contribution in [0.4, 0.5) is 0 Å². The summed E-state index contributed by atoms with van der Waals surface area (Å²) in [6.07, 6.45) is 1.75. The molecule has 0 amide bonds. The highest BCUT2D eigenvalue weighted by atomic mass is 31.2. The van der Waals surface area contributed by atoms with E-state index in [1.54, 1.807) is 0 Å². The predicted molar refractivity (Wildman–Crippen MR) is 152 cm³/mol. The van der Waals surface area contributed by atoms with Crippen LogP contribution in [0.2, 0.25) is 0 Å². The summed E-state index contributed by atoms with van der Waals surface area (Å²) >= 11 is 0. The van der Waals surface area contributed by atoms with Crippen molar-refractivity contribution in [2.24, 2.45) is 17.8 Å². The number of hydrogen-bond acceptors (Lipinski definition) is 5. The van der Waals surface area contributed by atoms with Crippen LogP contribution >= 0.6 is 7.37 Å². The van der Waals surface area contributed by atoms with Crippen molar-refractivity contribution in [2.45, 2.75) is 67.1 Å². The summed E-state index contributed by atoms with van der Waals surface area (Å²) in [5, 5.41) is 0.647. The Kier molecular flexibility index (Phi) is 8.31. The van der Waals surface area contributed by atoms with E-state index in [1.807, 2.05) is 83.1 Å². The fourth-order valence-electron chi connectivity index (χ4n) is 4.92. The Balaban J connectivity index is 1.72. The minimum absolute atomic E-state index is 0.0378. The molecule has 0 aliphatic carbocycles.